The van der Waals surface area contributed by atoms with Gasteiger partial charge in [-0.3, -0.25) is 0 Å². The van der Waals surface area contributed by atoms with Crippen LogP contribution in [0.25, 0.3) is 0 Å². The summed E-state index contributed by atoms with van der Waals surface area (Å²) in [5.41, 5.74) is 3.08. The van der Waals surface area contributed by atoms with Crippen molar-refractivity contribution in [2.75, 3.05) is 19.6 Å². The third-order valence-electron chi connectivity index (χ3n) is 3.78. The molecule has 0 aromatic carbocycles. The zero-order valence-corrected chi connectivity index (χ0v) is 11.7. The van der Waals surface area contributed by atoms with Crippen molar-refractivity contribution in [1.29, 1.82) is 0 Å². The van der Waals surface area contributed by atoms with Crippen LogP contribution in [-0.4, -0.2) is 35.6 Å². The van der Waals surface area contributed by atoms with Gasteiger partial charge in [0.05, 0.1) is 11.2 Å². The maximum atomic E-state index is 4.31. The molecule has 2 unspecified atom stereocenters. The third-order valence-corrected chi connectivity index (χ3v) is 4.42. The summed E-state index contributed by atoms with van der Waals surface area (Å²) in [5, 5.41) is 5.74. The van der Waals surface area contributed by atoms with Crippen molar-refractivity contribution in [3.05, 3.63) is 16.6 Å². The molecule has 0 amide bonds. The molecule has 1 aromatic heterocycles. The highest BCUT2D eigenvalue weighted by Crippen LogP contribution is 2.19. The molecule has 4 heteroatoms. The molecule has 2 atom stereocenters. The lowest BCUT2D eigenvalue weighted by Crippen LogP contribution is -2.44. The summed E-state index contributed by atoms with van der Waals surface area (Å²) in [7, 11) is 0. The second-order valence-electron chi connectivity index (χ2n) is 4.94. The first-order valence-electron chi connectivity index (χ1n) is 6.62. The zero-order valence-electron chi connectivity index (χ0n) is 10.9. The van der Waals surface area contributed by atoms with Gasteiger partial charge in [0.15, 0.2) is 0 Å². The Bertz CT molecular complexity index is 312. The molecule has 0 aliphatic carbocycles. The van der Waals surface area contributed by atoms with E-state index < -0.39 is 0 Å². The highest BCUT2D eigenvalue weighted by molar-refractivity contribution is 7.07. The van der Waals surface area contributed by atoms with Crippen LogP contribution in [0.1, 0.15) is 32.4 Å². The van der Waals surface area contributed by atoms with Gasteiger partial charge in [-0.05, 0) is 38.8 Å². The van der Waals surface area contributed by atoms with E-state index in [4.69, 9.17) is 0 Å². The second kappa shape index (κ2) is 6.47. The molecule has 1 fully saturated rings. The summed E-state index contributed by atoms with van der Waals surface area (Å²) >= 11 is 1.67. The molecule has 2 rings (SSSR count). The predicted molar refractivity (Wildman–Crippen MR) is 73.3 cm³/mol. The highest BCUT2D eigenvalue weighted by atomic mass is 32.1. The van der Waals surface area contributed by atoms with Gasteiger partial charge in [0, 0.05) is 24.5 Å². The number of hydrogen-bond donors (Lipinski definition) is 1. The number of likely N-dealkylation sites (tertiary alicyclic amines) is 1. The number of piperidine rings is 1. The van der Waals surface area contributed by atoms with Crippen LogP contribution in [0.15, 0.2) is 10.9 Å². The van der Waals surface area contributed by atoms with Crippen LogP contribution in [0.2, 0.25) is 0 Å². The van der Waals surface area contributed by atoms with E-state index in [0.29, 0.717) is 6.04 Å². The summed E-state index contributed by atoms with van der Waals surface area (Å²) in [4.78, 5) is 6.87. The fourth-order valence-corrected chi connectivity index (χ4v) is 3.10. The van der Waals surface area contributed by atoms with E-state index in [1.165, 1.54) is 38.2 Å². The Balaban J connectivity index is 1.76. The van der Waals surface area contributed by atoms with Crippen LogP contribution in [0, 0.1) is 5.92 Å². The molecule has 0 spiro atoms. The lowest BCUT2D eigenvalue weighted by Gasteiger charge is -2.35. The number of nitrogens with one attached hydrogen (secondary N) is 1. The van der Waals surface area contributed by atoms with E-state index in [1.807, 2.05) is 5.51 Å². The Morgan fingerprint density at radius 3 is 3.24 bits per heavy atom. The van der Waals surface area contributed by atoms with Gasteiger partial charge < -0.3 is 10.2 Å². The third kappa shape index (κ3) is 3.76. The summed E-state index contributed by atoms with van der Waals surface area (Å²) in [6.45, 7) is 9.21. The van der Waals surface area contributed by atoms with Gasteiger partial charge in [-0.1, -0.05) is 6.92 Å². The molecule has 3 nitrogen and oxygen atoms in total. The van der Waals surface area contributed by atoms with Crippen molar-refractivity contribution in [2.24, 2.45) is 5.92 Å². The van der Waals surface area contributed by atoms with E-state index in [1.54, 1.807) is 11.3 Å². The van der Waals surface area contributed by atoms with Gasteiger partial charge in [0.1, 0.15) is 0 Å². The minimum atomic E-state index is 0.589. The lowest BCUT2D eigenvalue weighted by molar-refractivity contribution is 0.156. The van der Waals surface area contributed by atoms with E-state index >= 15 is 0 Å². The fraction of sp³-hybridized carbons (Fsp3) is 0.769. The van der Waals surface area contributed by atoms with Crippen molar-refractivity contribution in [3.63, 3.8) is 0 Å². The topological polar surface area (TPSA) is 28.2 Å². The molecular weight excluding hydrogens is 230 g/mol. The Labute approximate surface area is 108 Å². The average molecular weight is 253 g/mol. The van der Waals surface area contributed by atoms with Crippen LogP contribution in [0.4, 0.5) is 0 Å². The molecule has 17 heavy (non-hydrogen) atoms. The van der Waals surface area contributed by atoms with Crippen LogP contribution in [0.5, 0.6) is 0 Å². The van der Waals surface area contributed by atoms with Crippen LogP contribution >= 0.6 is 11.3 Å². The van der Waals surface area contributed by atoms with Gasteiger partial charge >= 0.3 is 0 Å². The van der Waals surface area contributed by atoms with Gasteiger partial charge in [-0.2, -0.15) is 0 Å². The van der Waals surface area contributed by atoms with E-state index in [-0.39, 0.29) is 0 Å². The Hall–Kier alpha value is -0.450. The van der Waals surface area contributed by atoms with Gasteiger partial charge in [-0.15, -0.1) is 11.3 Å². The van der Waals surface area contributed by atoms with Crippen molar-refractivity contribution >= 4 is 11.3 Å². The molecule has 0 saturated carbocycles. The van der Waals surface area contributed by atoms with Crippen molar-refractivity contribution < 1.29 is 0 Å². The summed E-state index contributed by atoms with van der Waals surface area (Å²) in [6.07, 6.45) is 2.71. The summed E-state index contributed by atoms with van der Waals surface area (Å²) < 4.78 is 0. The van der Waals surface area contributed by atoms with Crippen molar-refractivity contribution in [3.8, 4) is 0 Å². The molecule has 1 aromatic rings. The van der Waals surface area contributed by atoms with Crippen LogP contribution in [0.3, 0.4) is 0 Å². The maximum absolute atomic E-state index is 4.31. The zero-order chi connectivity index (χ0) is 12.1. The largest absolute Gasteiger partial charge is 0.308 e. The van der Waals surface area contributed by atoms with Crippen LogP contribution in [-0.2, 0) is 6.54 Å². The van der Waals surface area contributed by atoms with Gasteiger partial charge in [0.2, 0.25) is 0 Å². The summed E-state index contributed by atoms with van der Waals surface area (Å²) in [5.74, 6) is 0.794. The highest BCUT2D eigenvalue weighted by Gasteiger charge is 2.23. The van der Waals surface area contributed by atoms with E-state index in [0.717, 1.165) is 12.5 Å². The number of thiazole rings is 1. The molecule has 2 heterocycles. The number of rotatable bonds is 5. The molecule has 1 saturated heterocycles. The normalized spacial score (nSPS) is 23.8. The molecule has 0 bridgehead atoms. The first-order chi connectivity index (χ1) is 8.29. The number of aromatic nitrogens is 1. The molecule has 1 aliphatic rings. The first-order valence-corrected chi connectivity index (χ1v) is 7.56. The predicted octanol–water partition coefficient (Wildman–Crippen LogP) is 2.35. The van der Waals surface area contributed by atoms with E-state index in [9.17, 15) is 0 Å². The Morgan fingerprint density at radius 1 is 1.65 bits per heavy atom. The smallest absolute Gasteiger partial charge is 0.0795 e. The maximum Gasteiger partial charge on any atom is 0.0795 e. The van der Waals surface area contributed by atoms with E-state index in [2.05, 4.69) is 34.4 Å². The Morgan fingerprint density at radius 2 is 2.53 bits per heavy atom. The van der Waals surface area contributed by atoms with Crippen molar-refractivity contribution in [1.82, 2.24) is 15.2 Å². The summed E-state index contributed by atoms with van der Waals surface area (Å²) in [6, 6.07) is 0.589. The van der Waals surface area contributed by atoms with Crippen molar-refractivity contribution in [2.45, 2.75) is 39.3 Å². The monoisotopic (exact) mass is 253 g/mol. The number of hydrogen-bond acceptors (Lipinski definition) is 4. The first kappa shape index (κ1) is 13.0. The fourth-order valence-electron chi connectivity index (χ4n) is 2.54. The molecule has 96 valence electrons. The molecule has 1 N–H and O–H groups in total. The average Bonchev–Trinajstić information content (AvgIpc) is 2.89. The minimum Gasteiger partial charge on any atom is -0.308 e. The quantitative estimate of drug-likeness (QED) is 0.873. The molecule has 0 radical (unpaired) electrons. The molecular formula is C13H23N3S. The SMILES string of the molecule is CCN1CCCC(C(C)NCc2cscn2)C1. The second-order valence-corrected chi connectivity index (χ2v) is 5.66. The standard InChI is InChI=1S/C13H23N3S/c1-3-16-6-4-5-12(8-16)11(2)14-7-13-9-17-10-15-13/h9-12,14H,3-8H2,1-2H3. The molecule has 1 aliphatic heterocycles. The Kier molecular flexibility index (Phi) is 4.95. The van der Waals surface area contributed by atoms with Gasteiger partial charge in [0.25, 0.3) is 0 Å². The van der Waals surface area contributed by atoms with Gasteiger partial charge in [-0.25, -0.2) is 4.98 Å². The minimum absolute atomic E-state index is 0.589. The van der Waals surface area contributed by atoms with Crippen LogP contribution < -0.4 is 5.32 Å². The lowest BCUT2D eigenvalue weighted by atomic mass is 9.91. The number of nitrogens with zero attached hydrogens (tertiary/aromatic N) is 2.